The van der Waals surface area contributed by atoms with Crippen molar-refractivity contribution >= 4 is 90.2 Å². The number of hydrogen-bond donors (Lipinski definition) is 0. The molecule has 2 unspecified atom stereocenters. The van der Waals surface area contributed by atoms with E-state index in [2.05, 4.69) is 517 Å². The topological polar surface area (TPSA) is 39.2 Å². The van der Waals surface area contributed by atoms with Gasteiger partial charge >= 0.3 is 0 Å². The number of nitrogens with zero attached hydrogens (tertiary/aromatic N) is 4. The highest BCUT2D eigenvalue weighted by atomic mass is 16.3. The monoisotopic (exact) mass is 1680 g/mol. The molecule has 2 atom stereocenters. The first kappa shape index (κ1) is 76.0. The van der Waals surface area contributed by atoms with Crippen LogP contribution in [0.2, 0.25) is 0 Å². The number of anilines is 12. The number of hydrogen-bond acceptors (Lipinski definition) is 6. The van der Waals surface area contributed by atoms with Crippen LogP contribution >= 0.6 is 0 Å². The van der Waals surface area contributed by atoms with Crippen molar-refractivity contribution in [3.05, 3.63) is 542 Å². The second kappa shape index (κ2) is 30.7. The fourth-order valence-electron chi connectivity index (χ4n) is 22.0. The van der Waals surface area contributed by atoms with Crippen LogP contribution in [0.1, 0.15) is 44.9 Å². The summed E-state index contributed by atoms with van der Waals surface area (Å²) in [6.45, 7) is 0. The van der Waals surface area contributed by atoms with Crippen LogP contribution in [0, 0.1) is 0 Å². The third-order valence-corrected chi connectivity index (χ3v) is 27.8. The first-order valence-corrected chi connectivity index (χ1v) is 45.4. The summed E-state index contributed by atoms with van der Waals surface area (Å²) in [5, 5.41) is 2.15. The molecule has 0 radical (unpaired) electrons. The van der Waals surface area contributed by atoms with Crippen molar-refractivity contribution in [1.82, 2.24) is 0 Å². The van der Waals surface area contributed by atoms with E-state index in [9.17, 15) is 0 Å². The number of furan rings is 2. The maximum atomic E-state index is 7.88. The van der Waals surface area contributed by atoms with E-state index in [0.29, 0.717) is 0 Å². The molecule has 0 N–H and O–H groups in total. The van der Waals surface area contributed by atoms with Crippen molar-refractivity contribution in [3.8, 4) is 100 Å². The van der Waals surface area contributed by atoms with E-state index in [1.807, 2.05) is 0 Å². The van der Waals surface area contributed by atoms with Gasteiger partial charge in [0.1, 0.15) is 33.5 Å². The van der Waals surface area contributed by atoms with Crippen molar-refractivity contribution in [3.63, 3.8) is 0 Å². The molecular weight excluding hydrogens is 1600 g/mol. The fourth-order valence-corrected chi connectivity index (χ4v) is 22.0. The summed E-state index contributed by atoms with van der Waals surface area (Å²) in [7, 11) is 0. The molecule has 26 rings (SSSR count). The fraction of sp³-hybridized carbons (Fsp3) is 0.0159. The van der Waals surface area contributed by atoms with Crippen molar-refractivity contribution < 1.29 is 8.83 Å². The molecule has 2 spiro atoms. The lowest BCUT2D eigenvalue weighted by molar-refractivity contribution is 0.506. The van der Waals surface area contributed by atoms with Gasteiger partial charge in [-0.1, -0.05) is 322 Å². The van der Waals surface area contributed by atoms with Crippen LogP contribution in [0.15, 0.2) is 506 Å². The Morgan fingerprint density at radius 2 is 0.417 bits per heavy atom. The van der Waals surface area contributed by atoms with Crippen molar-refractivity contribution in [2.45, 2.75) is 10.8 Å². The minimum absolute atomic E-state index is 0.758. The minimum atomic E-state index is -0.834. The van der Waals surface area contributed by atoms with E-state index in [-0.39, 0.29) is 0 Å². The highest BCUT2D eigenvalue weighted by Gasteiger charge is 2.57. The summed E-state index contributed by atoms with van der Waals surface area (Å²) in [6.07, 6.45) is 0. The minimum Gasteiger partial charge on any atom is -0.459 e. The summed E-state index contributed by atoms with van der Waals surface area (Å²) in [6, 6.07) is 182. The van der Waals surface area contributed by atoms with Crippen molar-refractivity contribution in [2.75, 3.05) is 19.6 Å². The van der Waals surface area contributed by atoms with Crippen molar-refractivity contribution in [2.24, 2.45) is 0 Å². The number of fused-ring (bicyclic) bond motifs is 24. The molecule has 20 aromatic carbocycles. The quantitative estimate of drug-likeness (QED) is 0.0905. The molecular formula is C126H82N4O2. The van der Waals surface area contributed by atoms with Gasteiger partial charge in [0.05, 0.1) is 0 Å². The van der Waals surface area contributed by atoms with Crippen LogP contribution in [0.3, 0.4) is 0 Å². The molecule has 0 fully saturated rings. The molecule has 4 aliphatic carbocycles. The Hall–Kier alpha value is -17.3. The first-order valence-electron chi connectivity index (χ1n) is 45.4. The Balaban J connectivity index is 0.594. The standard InChI is InChI=1S/C126H82N4O2/c1-8-29-83(30-9-1)85-51-62-99(63-52-85)128(95-38-16-5-17-39-95)100-66-55-87(56-67-100)91-59-72-107-105-45-22-25-48-113(105)126(118(107)79-91)117-76-70-103(129(96-40-18-6-19-41-96)97-42-20-7-21-43-97)81-112(117)122-109-73-60-92(80-120(109)132-124(122)126)88-57-68-101(69-58-88)130(102-44-28-33-89(77-102)84-31-10-2-11-32-84)104-71-75-116-111(82-104)121-108-47-24-27-50-119(108)131-123(121)125(116)114-49-26-23-46-106(114)110-78-90(61-74-115(110)125)86-53-64-98(65-54-86)127(93-34-12-3-13-35-93)94-36-14-4-15-37-94/h1-82H. The zero-order valence-corrected chi connectivity index (χ0v) is 71.9. The van der Waals surface area contributed by atoms with E-state index in [0.717, 1.165) is 168 Å². The van der Waals surface area contributed by atoms with Gasteiger partial charge in [0.2, 0.25) is 0 Å². The highest BCUT2D eigenvalue weighted by molar-refractivity contribution is 6.09. The maximum absolute atomic E-state index is 7.88. The third kappa shape index (κ3) is 12.0. The predicted octanol–water partition coefficient (Wildman–Crippen LogP) is 34.1. The molecule has 0 aliphatic heterocycles. The number of rotatable bonds is 17. The molecule has 0 amide bonds. The van der Waals surface area contributed by atoms with Gasteiger partial charge in [0, 0.05) is 90.1 Å². The molecule has 0 bridgehead atoms. The normalized spacial score (nSPS) is 14.3. The molecule has 2 aromatic heterocycles. The van der Waals surface area contributed by atoms with Gasteiger partial charge in [-0.3, -0.25) is 0 Å². The molecule has 618 valence electrons. The molecule has 6 heteroatoms. The number of para-hydroxylation sites is 6. The molecule has 0 saturated carbocycles. The Morgan fingerprint density at radius 1 is 0.144 bits per heavy atom. The summed E-state index contributed by atoms with van der Waals surface area (Å²) < 4.78 is 15.3. The SMILES string of the molecule is c1ccc(-c2ccc(N(c3ccccc3)c3ccc(-c4ccc5c(c4)C4(c6ccccc6-5)c5ccc(N(c6ccccc6)c6ccccc6)cc5-c5c4oc4cc(-c6ccc(N(c7cccc(-c8ccccc8)c7)c7ccc8c(c7)-c7c(oc9ccccc79)C87c8ccccc8-c8cc(-c9ccc(N(c%10ccccc%10)c%10ccccc%10)cc9)ccc87)cc6)ccc54)cc3)cc2)cc1. The third-order valence-electron chi connectivity index (χ3n) is 27.8. The second-order valence-corrected chi connectivity index (χ2v) is 34.9. The molecule has 132 heavy (non-hydrogen) atoms. The predicted molar refractivity (Wildman–Crippen MR) is 544 cm³/mol. The first-order chi connectivity index (χ1) is 65.4. The molecule has 0 saturated heterocycles. The largest absolute Gasteiger partial charge is 0.459 e. The molecule has 22 aromatic rings. The zero-order valence-electron chi connectivity index (χ0n) is 71.9. The van der Waals surface area contributed by atoms with E-state index >= 15 is 0 Å². The van der Waals surface area contributed by atoms with Crippen LogP contribution < -0.4 is 19.6 Å². The second-order valence-electron chi connectivity index (χ2n) is 34.9. The van der Waals surface area contributed by atoms with Gasteiger partial charge in [0.15, 0.2) is 0 Å². The van der Waals surface area contributed by atoms with E-state index in [1.54, 1.807) is 0 Å². The molecule has 4 aliphatic rings. The summed E-state index contributed by atoms with van der Waals surface area (Å²) in [4.78, 5) is 9.47. The average Bonchev–Trinajstić information content (AvgIpc) is 1.50. The van der Waals surface area contributed by atoms with Gasteiger partial charge in [-0.15, -0.1) is 0 Å². The van der Waals surface area contributed by atoms with E-state index in [4.69, 9.17) is 8.83 Å². The smallest absolute Gasteiger partial charge is 0.135 e. The lowest BCUT2D eigenvalue weighted by Crippen LogP contribution is -2.25. The Bertz CT molecular complexity index is 8150. The van der Waals surface area contributed by atoms with E-state index < -0.39 is 10.8 Å². The maximum Gasteiger partial charge on any atom is 0.135 e. The number of benzene rings is 20. The lowest BCUT2D eigenvalue weighted by atomic mass is 9.72. The molecule has 6 nitrogen and oxygen atoms in total. The van der Waals surface area contributed by atoms with Crippen LogP contribution in [0.5, 0.6) is 0 Å². The highest BCUT2D eigenvalue weighted by Crippen LogP contribution is 2.68. The van der Waals surface area contributed by atoms with Crippen LogP contribution in [0.4, 0.5) is 68.2 Å². The summed E-state index contributed by atoms with van der Waals surface area (Å²) in [5.41, 5.74) is 40.7. The van der Waals surface area contributed by atoms with Crippen LogP contribution in [-0.2, 0) is 10.8 Å². The van der Waals surface area contributed by atoms with Crippen LogP contribution in [-0.4, -0.2) is 0 Å². The van der Waals surface area contributed by atoms with E-state index in [1.165, 1.54) is 66.8 Å². The molecule has 2 heterocycles. The summed E-state index contributed by atoms with van der Waals surface area (Å²) in [5.74, 6) is 1.87. The Morgan fingerprint density at radius 3 is 0.909 bits per heavy atom. The van der Waals surface area contributed by atoms with Gasteiger partial charge in [-0.25, -0.2) is 0 Å². The Labute approximate surface area is 766 Å². The average molecular weight is 1680 g/mol. The van der Waals surface area contributed by atoms with Gasteiger partial charge in [-0.2, -0.15) is 0 Å². The van der Waals surface area contributed by atoms with Crippen LogP contribution in [0.25, 0.3) is 122 Å². The van der Waals surface area contributed by atoms with Gasteiger partial charge in [0.25, 0.3) is 0 Å². The van der Waals surface area contributed by atoms with Gasteiger partial charge in [-0.05, 0) is 298 Å². The van der Waals surface area contributed by atoms with Crippen molar-refractivity contribution in [1.29, 1.82) is 0 Å². The zero-order chi connectivity index (χ0) is 87.0. The lowest BCUT2D eigenvalue weighted by Gasteiger charge is -2.30. The Kier molecular flexibility index (Phi) is 17.7. The van der Waals surface area contributed by atoms with Gasteiger partial charge < -0.3 is 28.4 Å². The summed E-state index contributed by atoms with van der Waals surface area (Å²) >= 11 is 0.